The molecule has 0 saturated carbocycles. The summed E-state index contributed by atoms with van der Waals surface area (Å²) in [6.45, 7) is 1.00. The number of rotatable bonds is 4. The van der Waals surface area contributed by atoms with E-state index in [1.807, 2.05) is 41.8 Å². The minimum absolute atomic E-state index is 1.00. The lowest BCUT2D eigenvalue weighted by molar-refractivity contribution is -0.675. The predicted molar refractivity (Wildman–Crippen MR) is 61.6 cm³/mol. The van der Waals surface area contributed by atoms with Crippen molar-refractivity contribution in [2.45, 2.75) is 11.4 Å². The number of hydrogen-bond donors (Lipinski definition) is 0. The first kappa shape index (κ1) is 10.3. The van der Waals surface area contributed by atoms with Crippen molar-refractivity contribution in [2.24, 2.45) is 7.05 Å². The molecule has 0 aliphatic heterocycles. The molecular formula is C12H14N2S. The van der Waals surface area contributed by atoms with Crippen LogP contribution in [-0.4, -0.2) is 10.3 Å². The van der Waals surface area contributed by atoms with Gasteiger partial charge in [0.05, 0.1) is 13.6 Å². The minimum Gasteiger partial charge on any atom is -0.354 e. The summed E-state index contributed by atoms with van der Waals surface area (Å²) in [6, 6.07) is 10.5. The lowest BCUT2D eigenvalue weighted by Gasteiger charge is -2.01. The minimum atomic E-state index is 1.00. The first-order chi connectivity index (χ1) is 7.34. The first-order valence-electron chi connectivity index (χ1n) is 4.96. The maximum absolute atomic E-state index is 3.18. The van der Waals surface area contributed by atoms with Crippen LogP contribution in [0.4, 0.5) is 0 Å². The number of thioether (sulfide) groups is 1. The zero-order valence-corrected chi connectivity index (χ0v) is 9.57. The van der Waals surface area contributed by atoms with E-state index >= 15 is 0 Å². The van der Waals surface area contributed by atoms with Crippen LogP contribution in [0.3, 0.4) is 0 Å². The van der Waals surface area contributed by atoms with Gasteiger partial charge in [0.15, 0.2) is 0 Å². The molecular weight excluding hydrogens is 204 g/mol. The number of aromatic nitrogens is 2. The molecule has 2 aromatic rings. The van der Waals surface area contributed by atoms with Crippen LogP contribution in [0.5, 0.6) is 0 Å². The normalized spacial score (nSPS) is 10.5. The average molecular weight is 218 g/mol. The third-order valence-electron chi connectivity index (χ3n) is 2.10. The molecule has 0 aliphatic rings. The molecule has 0 saturated heterocycles. The third kappa shape index (κ3) is 3.13. The number of nitrogens with zero attached hydrogens (tertiary/aromatic N) is 2. The molecule has 0 aliphatic carbocycles. The second kappa shape index (κ2) is 5.03. The summed E-state index contributed by atoms with van der Waals surface area (Å²) < 4.78 is 4.02. The standard InChI is InChI=1S/C12H14N2S/c1-13-7-8-14(11-13)9-10-15-12-5-3-2-4-6-12/h2-8H,9-10H2,1H3. The SMILES string of the molecule is C[n+]1[c-]n(CCSc2ccccc2)cc1. The molecule has 0 atom stereocenters. The Kier molecular flexibility index (Phi) is 3.45. The summed E-state index contributed by atoms with van der Waals surface area (Å²) in [6.07, 6.45) is 7.24. The van der Waals surface area contributed by atoms with Gasteiger partial charge in [-0.05, 0) is 24.5 Å². The van der Waals surface area contributed by atoms with Crippen molar-refractivity contribution in [3.63, 3.8) is 0 Å². The van der Waals surface area contributed by atoms with Crippen molar-refractivity contribution >= 4 is 11.8 Å². The van der Waals surface area contributed by atoms with Gasteiger partial charge >= 0.3 is 0 Å². The van der Waals surface area contributed by atoms with Gasteiger partial charge in [0.2, 0.25) is 6.33 Å². The third-order valence-corrected chi connectivity index (χ3v) is 3.09. The molecule has 1 aromatic heterocycles. The summed E-state index contributed by atoms with van der Waals surface area (Å²) >= 11 is 1.87. The van der Waals surface area contributed by atoms with E-state index in [1.165, 1.54) is 4.90 Å². The molecule has 1 heterocycles. The van der Waals surface area contributed by atoms with Crippen molar-refractivity contribution in [2.75, 3.05) is 5.75 Å². The fourth-order valence-corrected chi connectivity index (χ4v) is 2.23. The fraction of sp³-hybridized carbons (Fsp3) is 0.250. The van der Waals surface area contributed by atoms with Crippen LogP contribution in [0.1, 0.15) is 0 Å². The van der Waals surface area contributed by atoms with Crippen LogP contribution in [0, 0.1) is 6.33 Å². The fourth-order valence-electron chi connectivity index (χ4n) is 1.35. The highest BCUT2D eigenvalue weighted by atomic mass is 32.2. The molecule has 0 bridgehead atoms. The van der Waals surface area contributed by atoms with Crippen molar-refractivity contribution in [3.8, 4) is 0 Å². The smallest absolute Gasteiger partial charge is 0.203 e. The van der Waals surface area contributed by atoms with Gasteiger partial charge in [-0.3, -0.25) is 0 Å². The highest BCUT2D eigenvalue weighted by molar-refractivity contribution is 7.99. The van der Waals surface area contributed by atoms with Gasteiger partial charge < -0.3 is 9.13 Å². The highest BCUT2D eigenvalue weighted by Crippen LogP contribution is 2.16. The molecule has 0 amide bonds. The van der Waals surface area contributed by atoms with Crippen LogP contribution in [0.15, 0.2) is 47.6 Å². The molecule has 3 heteroatoms. The van der Waals surface area contributed by atoms with Gasteiger partial charge in [-0.15, -0.1) is 11.8 Å². The van der Waals surface area contributed by atoms with Crippen molar-refractivity contribution in [1.29, 1.82) is 0 Å². The summed E-state index contributed by atoms with van der Waals surface area (Å²) in [5.41, 5.74) is 0. The summed E-state index contributed by atoms with van der Waals surface area (Å²) in [7, 11) is 1.99. The molecule has 78 valence electrons. The molecule has 0 radical (unpaired) electrons. The predicted octanol–water partition coefficient (Wildman–Crippen LogP) is 1.91. The Labute approximate surface area is 94.6 Å². The Morgan fingerprint density at radius 2 is 2.13 bits per heavy atom. The maximum atomic E-state index is 3.18. The van der Waals surface area contributed by atoms with Crippen LogP contribution in [0.25, 0.3) is 0 Å². The van der Waals surface area contributed by atoms with Crippen molar-refractivity contribution in [1.82, 2.24) is 4.57 Å². The van der Waals surface area contributed by atoms with Gasteiger partial charge in [-0.2, -0.15) is 0 Å². The van der Waals surface area contributed by atoms with E-state index in [0.717, 1.165) is 12.3 Å². The largest absolute Gasteiger partial charge is 0.354 e. The zero-order chi connectivity index (χ0) is 10.5. The Morgan fingerprint density at radius 1 is 1.33 bits per heavy atom. The van der Waals surface area contributed by atoms with E-state index in [-0.39, 0.29) is 0 Å². The molecule has 2 nitrogen and oxygen atoms in total. The van der Waals surface area contributed by atoms with Crippen LogP contribution in [0.2, 0.25) is 0 Å². The average Bonchev–Trinajstić information content (AvgIpc) is 2.66. The van der Waals surface area contributed by atoms with Gasteiger partial charge in [0.1, 0.15) is 0 Å². The lowest BCUT2D eigenvalue weighted by Crippen LogP contribution is -2.24. The van der Waals surface area contributed by atoms with E-state index in [9.17, 15) is 0 Å². The number of imidazole rings is 1. The monoisotopic (exact) mass is 218 g/mol. The zero-order valence-electron chi connectivity index (χ0n) is 8.76. The van der Waals surface area contributed by atoms with Gasteiger partial charge in [-0.1, -0.05) is 18.2 Å². The second-order valence-electron chi connectivity index (χ2n) is 3.36. The molecule has 1 aromatic carbocycles. The van der Waals surface area contributed by atoms with Crippen LogP contribution < -0.4 is 4.57 Å². The topological polar surface area (TPSA) is 8.81 Å². The molecule has 15 heavy (non-hydrogen) atoms. The molecule has 0 N–H and O–H groups in total. The quantitative estimate of drug-likeness (QED) is 0.432. The Balaban J connectivity index is 1.80. The van der Waals surface area contributed by atoms with Crippen molar-refractivity contribution < 1.29 is 4.57 Å². The summed E-state index contributed by atoms with van der Waals surface area (Å²) in [4.78, 5) is 1.33. The van der Waals surface area contributed by atoms with E-state index in [1.54, 1.807) is 0 Å². The lowest BCUT2D eigenvalue weighted by atomic mass is 10.4. The van der Waals surface area contributed by atoms with Gasteiger partial charge in [0.25, 0.3) is 0 Å². The van der Waals surface area contributed by atoms with Gasteiger partial charge in [-0.25, -0.2) is 0 Å². The second-order valence-corrected chi connectivity index (χ2v) is 4.53. The number of aryl methyl sites for hydroxylation is 2. The van der Waals surface area contributed by atoms with Gasteiger partial charge in [0, 0.05) is 10.6 Å². The molecule has 0 unspecified atom stereocenters. The maximum Gasteiger partial charge on any atom is 0.203 e. The molecule has 2 rings (SSSR count). The summed E-state index contributed by atoms with van der Waals surface area (Å²) in [5.74, 6) is 1.08. The van der Waals surface area contributed by atoms with E-state index < -0.39 is 0 Å². The summed E-state index contributed by atoms with van der Waals surface area (Å²) in [5, 5.41) is 0. The van der Waals surface area contributed by atoms with Crippen molar-refractivity contribution in [3.05, 3.63) is 49.1 Å². The van der Waals surface area contributed by atoms with Crippen LogP contribution in [-0.2, 0) is 13.6 Å². The van der Waals surface area contributed by atoms with E-state index in [2.05, 4.69) is 35.2 Å². The number of hydrogen-bond acceptors (Lipinski definition) is 1. The molecule has 0 spiro atoms. The number of benzene rings is 1. The van der Waals surface area contributed by atoms with E-state index in [4.69, 9.17) is 0 Å². The Hall–Kier alpha value is -1.22. The van der Waals surface area contributed by atoms with E-state index in [0.29, 0.717) is 0 Å². The first-order valence-corrected chi connectivity index (χ1v) is 5.95. The Morgan fingerprint density at radius 3 is 2.80 bits per heavy atom. The highest BCUT2D eigenvalue weighted by Gasteiger charge is 1.95. The van der Waals surface area contributed by atoms with Crippen LogP contribution >= 0.6 is 11.8 Å². The Bertz CT molecular complexity index is 409. The molecule has 0 fully saturated rings.